The Hall–Kier alpha value is -12.5. The fourth-order valence-corrected chi connectivity index (χ4v) is 13.1. The molecule has 0 atom stereocenters. The number of benzene rings is 10. The van der Waals surface area contributed by atoms with E-state index in [1.165, 1.54) is 0 Å². The third-order valence-corrected chi connectivity index (χ3v) is 18.0. The molecular weight excluding hydrogens is 1230 g/mol. The van der Waals surface area contributed by atoms with Crippen molar-refractivity contribution in [2.24, 2.45) is 0 Å². The normalized spacial score (nSPS) is 11.4. The van der Waals surface area contributed by atoms with Crippen molar-refractivity contribution in [3.05, 3.63) is 320 Å². The highest BCUT2D eigenvalue weighted by atomic mass is 79.9. The van der Waals surface area contributed by atoms with Crippen molar-refractivity contribution in [2.45, 2.75) is 0 Å². The maximum atomic E-state index is 5.20. The van der Waals surface area contributed by atoms with Gasteiger partial charge in [0, 0.05) is 107 Å². The molecule has 12 heteroatoms. The summed E-state index contributed by atoms with van der Waals surface area (Å²) < 4.78 is 5.15. The summed E-state index contributed by atoms with van der Waals surface area (Å²) in [6.45, 7) is 0. The maximum Gasteiger partial charge on any atom is 0.164 e. The molecule has 0 unspecified atom stereocenters. The van der Waals surface area contributed by atoms with E-state index in [1.807, 2.05) is 158 Å². The number of fused-ring (bicyclic) bond motifs is 10. The Balaban J connectivity index is 0.000000144. The summed E-state index contributed by atoms with van der Waals surface area (Å²) in [6.07, 6.45) is 6.25. The first kappa shape index (κ1) is 56.5. The molecule has 8 aromatic heterocycles. The molecule has 0 bridgehead atoms. The SMILES string of the molecule is Brc1c(-c2ccccc2)nc2c3c(ccn12)c(-c1ccc(-c2cc(-c4ccccc4)nc(-c4ccccc4)n2)cc1)nc1ccccc13.c1ccc(-c2cn3ccc4c(-c5ccc(-c6nc(-c7ccccc7)nc(-c7ccccc7)n6)cc5)nc5ccccc5c4c3n2)cc1. The maximum absolute atomic E-state index is 5.20. The minimum Gasteiger partial charge on any atom is -0.306 e. The molecule has 95 heavy (non-hydrogen) atoms. The van der Waals surface area contributed by atoms with E-state index < -0.39 is 0 Å². The minimum atomic E-state index is 0.619. The molecule has 0 aliphatic heterocycles. The van der Waals surface area contributed by atoms with E-state index in [-0.39, 0.29) is 0 Å². The third-order valence-electron chi connectivity index (χ3n) is 17.2. The smallest absolute Gasteiger partial charge is 0.164 e. The van der Waals surface area contributed by atoms with Gasteiger partial charge in [-0.05, 0) is 46.3 Å². The van der Waals surface area contributed by atoms with Gasteiger partial charge in [-0.25, -0.2) is 44.9 Å². The number of hydrogen-bond donors (Lipinski definition) is 0. The number of halogens is 1. The first-order valence-corrected chi connectivity index (χ1v) is 32.1. The van der Waals surface area contributed by atoms with Crippen LogP contribution in [-0.4, -0.2) is 53.7 Å². The molecule has 18 rings (SSSR count). The molecule has 0 spiro atoms. The van der Waals surface area contributed by atoms with Gasteiger partial charge in [0.2, 0.25) is 0 Å². The Kier molecular flexibility index (Phi) is 14.4. The molecule has 8 heterocycles. The second kappa shape index (κ2) is 24.3. The number of pyridine rings is 4. The molecule has 0 saturated carbocycles. The number of hydrogen-bond acceptors (Lipinski definition) is 9. The highest BCUT2D eigenvalue weighted by Crippen LogP contribution is 2.41. The second-order valence-electron chi connectivity index (χ2n) is 23.1. The second-order valence-corrected chi connectivity index (χ2v) is 23.8. The molecule has 11 nitrogen and oxygen atoms in total. The van der Waals surface area contributed by atoms with E-state index in [9.17, 15) is 0 Å². The number of rotatable bonds is 10. The zero-order valence-corrected chi connectivity index (χ0v) is 52.4. The molecule has 0 aliphatic carbocycles. The summed E-state index contributed by atoms with van der Waals surface area (Å²) in [5, 5.41) is 6.39. The van der Waals surface area contributed by atoms with Crippen LogP contribution in [-0.2, 0) is 0 Å². The lowest BCUT2D eigenvalue weighted by Crippen LogP contribution is -2.00. The minimum absolute atomic E-state index is 0.619. The van der Waals surface area contributed by atoms with Gasteiger partial charge < -0.3 is 4.40 Å². The molecular formula is C83H52BrN11. The van der Waals surface area contributed by atoms with Crippen LogP contribution in [0.15, 0.2) is 320 Å². The van der Waals surface area contributed by atoms with Gasteiger partial charge in [0.1, 0.15) is 21.6 Å². The van der Waals surface area contributed by atoms with E-state index in [1.54, 1.807) is 0 Å². The third kappa shape index (κ3) is 10.7. The van der Waals surface area contributed by atoms with Crippen LogP contribution in [0.2, 0.25) is 0 Å². The Morgan fingerprint density at radius 1 is 0.242 bits per heavy atom. The topological polar surface area (TPSA) is 125 Å². The summed E-state index contributed by atoms with van der Waals surface area (Å²) in [7, 11) is 0. The molecule has 0 N–H and O–H groups in total. The van der Waals surface area contributed by atoms with Crippen molar-refractivity contribution in [3.8, 4) is 113 Å². The zero-order chi connectivity index (χ0) is 63.2. The van der Waals surface area contributed by atoms with Crippen molar-refractivity contribution >= 4 is 70.6 Å². The van der Waals surface area contributed by atoms with E-state index in [4.69, 9.17) is 44.9 Å². The van der Waals surface area contributed by atoms with Crippen LogP contribution in [0.25, 0.3) is 168 Å². The molecule has 0 saturated heterocycles. The largest absolute Gasteiger partial charge is 0.306 e. The van der Waals surface area contributed by atoms with Crippen molar-refractivity contribution in [1.29, 1.82) is 0 Å². The van der Waals surface area contributed by atoms with Gasteiger partial charge in [0.25, 0.3) is 0 Å². The molecule has 0 radical (unpaired) electrons. The van der Waals surface area contributed by atoms with Crippen molar-refractivity contribution in [2.75, 3.05) is 0 Å². The summed E-state index contributed by atoms with van der Waals surface area (Å²) in [6, 6.07) is 101. The van der Waals surface area contributed by atoms with Crippen LogP contribution in [0.3, 0.4) is 0 Å². The van der Waals surface area contributed by atoms with Crippen molar-refractivity contribution < 1.29 is 0 Å². The lowest BCUT2D eigenvalue weighted by molar-refractivity contribution is 1.07. The monoisotopic (exact) mass is 1280 g/mol. The highest BCUT2D eigenvalue weighted by Gasteiger charge is 2.22. The van der Waals surface area contributed by atoms with Crippen molar-refractivity contribution in [3.63, 3.8) is 0 Å². The number of para-hydroxylation sites is 2. The van der Waals surface area contributed by atoms with Crippen LogP contribution in [0.1, 0.15) is 0 Å². The van der Waals surface area contributed by atoms with Gasteiger partial charge in [-0.3, -0.25) is 4.40 Å². The Labute approximate surface area is 554 Å². The molecule has 10 aromatic carbocycles. The number of aromatic nitrogens is 11. The van der Waals surface area contributed by atoms with E-state index in [0.29, 0.717) is 23.3 Å². The molecule has 0 aliphatic rings. The Morgan fingerprint density at radius 2 is 0.589 bits per heavy atom. The zero-order valence-electron chi connectivity index (χ0n) is 50.8. The molecule has 18 aromatic rings. The standard InChI is InChI=1S/C42H26BrN5.C41H26N6/c43-40-39(29-14-6-2-7-15-29)47-42-37-32-18-10-11-19-34(32)44-38(33(37)24-25-48(40)42)30-22-20-28(21-23-30)36-26-35(27-12-4-1-5-13-27)45-41(46-36)31-16-8-3-9-17-31;1-4-12-27(13-5-1)35-26-47-25-24-33-36(41(47)43-35)32-18-10-11-19-34(32)42-37(33)28-20-22-31(23-21-28)40-45-38(29-14-6-2-7-15-29)44-39(46-40)30-16-8-3-9-17-30/h1-26H;1-26H. The van der Waals surface area contributed by atoms with Gasteiger partial charge in [0.05, 0.1) is 39.5 Å². The van der Waals surface area contributed by atoms with Crippen LogP contribution < -0.4 is 0 Å². The van der Waals surface area contributed by atoms with E-state index in [2.05, 4.69) is 183 Å². The summed E-state index contributed by atoms with van der Waals surface area (Å²) >= 11 is 3.85. The van der Waals surface area contributed by atoms with Gasteiger partial charge in [-0.15, -0.1) is 0 Å². The molecule has 446 valence electrons. The van der Waals surface area contributed by atoms with Gasteiger partial charge in [-0.2, -0.15) is 0 Å². The fraction of sp³-hybridized carbons (Fsp3) is 0. The summed E-state index contributed by atoms with van der Waals surface area (Å²) in [5.74, 6) is 2.59. The molecule has 0 fully saturated rings. The summed E-state index contributed by atoms with van der Waals surface area (Å²) in [5.41, 5.74) is 19.0. The lowest BCUT2D eigenvalue weighted by atomic mass is 9.99. The van der Waals surface area contributed by atoms with E-state index in [0.717, 1.165) is 149 Å². The van der Waals surface area contributed by atoms with Crippen LogP contribution in [0.4, 0.5) is 0 Å². The van der Waals surface area contributed by atoms with Crippen LogP contribution in [0.5, 0.6) is 0 Å². The summed E-state index contributed by atoms with van der Waals surface area (Å²) in [4.78, 5) is 45.3. The van der Waals surface area contributed by atoms with Gasteiger partial charge >= 0.3 is 0 Å². The van der Waals surface area contributed by atoms with E-state index >= 15 is 0 Å². The quantitative estimate of drug-likeness (QED) is 0.123. The lowest BCUT2D eigenvalue weighted by Gasteiger charge is -2.12. The average Bonchev–Trinajstić information content (AvgIpc) is 1.74. The number of nitrogens with zero attached hydrogens (tertiary/aromatic N) is 11. The first-order valence-electron chi connectivity index (χ1n) is 31.3. The van der Waals surface area contributed by atoms with Crippen molar-refractivity contribution in [1.82, 2.24) is 53.7 Å². The van der Waals surface area contributed by atoms with Crippen LogP contribution in [0, 0.1) is 0 Å². The fourth-order valence-electron chi connectivity index (χ4n) is 12.5. The Bertz CT molecular complexity index is 5760. The first-order chi connectivity index (χ1) is 47.0. The predicted molar refractivity (Wildman–Crippen MR) is 387 cm³/mol. The Morgan fingerprint density at radius 3 is 1.07 bits per heavy atom. The number of imidazole rings is 2. The van der Waals surface area contributed by atoms with Gasteiger partial charge in [-0.1, -0.05) is 267 Å². The highest BCUT2D eigenvalue weighted by molar-refractivity contribution is 9.10. The van der Waals surface area contributed by atoms with Crippen LogP contribution >= 0.6 is 15.9 Å². The van der Waals surface area contributed by atoms with Gasteiger partial charge in [0.15, 0.2) is 23.3 Å². The molecule has 0 amide bonds. The average molecular weight is 1280 g/mol. The predicted octanol–water partition coefficient (Wildman–Crippen LogP) is 20.5.